The van der Waals surface area contributed by atoms with Crippen LogP contribution >= 0.6 is 46.4 Å². The average molecular weight is 272 g/mol. The predicted molar refractivity (Wildman–Crippen MR) is 63.5 cm³/mol. The lowest BCUT2D eigenvalue weighted by atomic mass is 10.2. The first-order chi connectivity index (χ1) is 6.63. The number of benzene rings is 1. The molecule has 2 rings (SSSR count). The summed E-state index contributed by atoms with van der Waals surface area (Å²) >= 11 is 23.8. The molecule has 0 aliphatic carbocycles. The van der Waals surface area contributed by atoms with Gasteiger partial charge in [0.25, 0.3) is 0 Å². The highest BCUT2D eigenvalue weighted by molar-refractivity contribution is 6.54. The third kappa shape index (κ3) is 1.50. The van der Waals surface area contributed by atoms with Crippen LogP contribution in [0.15, 0.2) is 0 Å². The van der Waals surface area contributed by atoms with E-state index in [0.29, 0.717) is 10.0 Å². The zero-order chi connectivity index (χ0) is 10.3. The first-order valence-corrected chi connectivity index (χ1v) is 5.47. The molecule has 0 amide bonds. The molecule has 1 aromatic carbocycles. The van der Waals surface area contributed by atoms with E-state index < -0.39 is 0 Å². The zero-order valence-corrected chi connectivity index (χ0v) is 9.95. The molecule has 0 saturated carbocycles. The molecule has 0 aromatic heterocycles. The summed E-state index contributed by atoms with van der Waals surface area (Å²) in [6.45, 7) is 1.56. The molecular weight excluding hydrogens is 266 g/mol. The highest BCUT2D eigenvalue weighted by Crippen LogP contribution is 2.47. The fraction of sp³-hybridized carbons (Fsp3) is 0.250. The van der Waals surface area contributed by atoms with E-state index in [-0.39, 0.29) is 10.0 Å². The Balaban J connectivity index is 2.71. The summed E-state index contributed by atoms with van der Waals surface area (Å²) in [4.78, 5) is 0. The highest BCUT2D eigenvalue weighted by Gasteiger charge is 2.21. The van der Waals surface area contributed by atoms with E-state index in [1.807, 2.05) is 0 Å². The van der Waals surface area contributed by atoms with Crippen LogP contribution in [0.5, 0.6) is 0 Å². The van der Waals surface area contributed by atoms with Gasteiger partial charge in [0.05, 0.1) is 31.5 Å². The minimum Gasteiger partial charge on any atom is -0.380 e. The van der Waals surface area contributed by atoms with Crippen molar-refractivity contribution in [1.82, 2.24) is 0 Å². The molecule has 0 radical (unpaired) electrons. The van der Waals surface area contributed by atoms with Gasteiger partial charge in [-0.25, -0.2) is 0 Å². The van der Waals surface area contributed by atoms with Crippen molar-refractivity contribution in [2.75, 3.05) is 23.7 Å². The van der Waals surface area contributed by atoms with Crippen LogP contribution in [0.4, 0.5) is 11.4 Å². The van der Waals surface area contributed by atoms with Gasteiger partial charge in [-0.05, 0) is 0 Å². The molecule has 1 heterocycles. The van der Waals surface area contributed by atoms with Crippen LogP contribution in [0, 0.1) is 0 Å². The van der Waals surface area contributed by atoms with Crippen LogP contribution < -0.4 is 10.6 Å². The Hall–Kier alpha value is -0.0200. The van der Waals surface area contributed by atoms with Crippen molar-refractivity contribution in [2.24, 2.45) is 0 Å². The molecule has 6 heteroatoms. The molecule has 1 aliphatic rings. The lowest BCUT2D eigenvalue weighted by Crippen LogP contribution is -2.21. The molecule has 2 N–H and O–H groups in total. The average Bonchev–Trinajstić information content (AvgIpc) is 2.23. The second-order valence-electron chi connectivity index (χ2n) is 2.86. The first-order valence-electron chi connectivity index (χ1n) is 3.96. The monoisotopic (exact) mass is 270 g/mol. The smallest absolute Gasteiger partial charge is 0.0861 e. The number of anilines is 2. The number of halogens is 4. The van der Waals surface area contributed by atoms with Gasteiger partial charge in [-0.3, -0.25) is 0 Å². The van der Waals surface area contributed by atoms with Gasteiger partial charge in [0.2, 0.25) is 0 Å². The summed E-state index contributed by atoms with van der Waals surface area (Å²) < 4.78 is 0. The largest absolute Gasteiger partial charge is 0.380 e. The van der Waals surface area contributed by atoms with E-state index in [4.69, 9.17) is 46.4 Å². The van der Waals surface area contributed by atoms with E-state index in [1.165, 1.54) is 0 Å². The van der Waals surface area contributed by atoms with Crippen LogP contribution in [0.1, 0.15) is 0 Å². The topological polar surface area (TPSA) is 24.1 Å². The Kier molecular flexibility index (Phi) is 2.89. The van der Waals surface area contributed by atoms with Gasteiger partial charge >= 0.3 is 0 Å². The van der Waals surface area contributed by atoms with E-state index in [1.54, 1.807) is 0 Å². The maximum absolute atomic E-state index is 6.01. The van der Waals surface area contributed by atoms with Crippen molar-refractivity contribution in [3.63, 3.8) is 0 Å². The highest BCUT2D eigenvalue weighted by atomic mass is 35.5. The van der Waals surface area contributed by atoms with E-state index in [2.05, 4.69) is 10.6 Å². The van der Waals surface area contributed by atoms with E-state index in [9.17, 15) is 0 Å². The molecule has 2 nitrogen and oxygen atoms in total. The molecule has 76 valence electrons. The quantitative estimate of drug-likeness (QED) is 0.548. The second kappa shape index (κ2) is 3.86. The van der Waals surface area contributed by atoms with Crippen molar-refractivity contribution in [1.29, 1.82) is 0 Å². The van der Waals surface area contributed by atoms with Gasteiger partial charge in [-0.2, -0.15) is 0 Å². The maximum atomic E-state index is 6.01. The summed E-state index contributed by atoms with van der Waals surface area (Å²) in [6.07, 6.45) is 0. The number of fused-ring (bicyclic) bond motifs is 1. The third-order valence-electron chi connectivity index (χ3n) is 2.00. The maximum Gasteiger partial charge on any atom is 0.0861 e. The standard InChI is InChI=1S/C8H6Cl4N2/c9-3-4(10)6(12)8-7(5(3)11)13-1-2-14-8/h13-14H,1-2H2. The summed E-state index contributed by atoms with van der Waals surface area (Å²) in [5.41, 5.74) is 1.44. The van der Waals surface area contributed by atoms with Gasteiger partial charge in [0.1, 0.15) is 0 Å². The lowest BCUT2D eigenvalue weighted by molar-refractivity contribution is 1.05. The van der Waals surface area contributed by atoms with E-state index >= 15 is 0 Å². The van der Waals surface area contributed by atoms with Gasteiger partial charge in [-0.1, -0.05) is 46.4 Å². The van der Waals surface area contributed by atoms with Gasteiger partial charge in [0, 0.05) is 13.1 Å². The molecule has 0 atom stereocenters. The summed E-state index contributed by atoms with van der Waals surface area (Å²) in [5.74, 6) is 0. The minimum absolute atomic E-state index is 0.285. The first kappa shape index (κ1) is 10.5. The Morgan fingerprint density at radius 2 is 1.00 bits per heavy atom. The van der Waals surface area contributed by atoms with Crippen molar-refractivity contribution < 1.29 is 0 Å². The predicted octanol–water partition coefficient (Wildman–Crippen LogP) is 4.14. The van der Waals surface area contributed by atoms with Gasteiger partial charge in [-0.15, -0.1) is 0 Å². The summed E-state index contributed by atoms with van der Waals surface area (Å²) in [7, 11) is 0. The van der Waals surface area contributed by atoms with Crippen LogP contribution in [0.2, 0.25) is 20.1 Å². The Labute approximate surface area is 101 Å². The summed E-state index contributed by atoms with van der Waals surface area (Å²) in [6, 6.07) is 0. The molecule has 1 aromatic rings. The molecule has 0 saturated heterocycles. The van der Waals surface area contributed by atoms with Crippen LogP contribution in [-0.4, -0.2) is 13.1 Å². The molecule has 14 heavy (non-hydrogen) atoms. The lowest BCUT2D eigenvalue weighted by Gasteiger charge is -2.23. The van der Waals surface area contributed by atoms with Gasteiger partial charge < -0.3 is 10.6 Å². The zero-order valence-electron chi connectivity index (χ0n) is 6.93. The number of nitrogens with one attached hydrogen (secondary N) is 2. The Morgan fingerprint density at radius 1 is 0.643 bits per heavy atom. The summed E-state index contributed by atoms with van der Waals surface area (Å²) in [5, 5.41) is 7.62. The van der Waals surface area contributed by atoms with Crippen LogP contribution in [0.3, 0.4) is 0 Å². The van der Waals surface area contributed by atoms with Crippen LogP contribution in [-0.2, 0) is 0 Å². The van der Waals surface area contributed by atoms with E-state index in [0.717, 1.165) is 24.5 Å². The van der Waals surface area contributed by atoms with Crippen molar-refractivity contribution in [3.05, 3.63) is 20.1 Å². The van der Waals surface area contributed by atoms with Crippen molar-refractivity contribution in [3.8, 4) is 0 Å². The second-order valence-corrected chi connectivity index (χ2v) is 4.37. The molecule has 0 spiro atoms. The fourth-order valence-corrected chi connectivity index (χ4v) is 2.32. The van der Waals surface area contributed by atoms with Crippen molar-refractivity contribution >= 4 is 57.8 Å². The number of hydrogen-bond donors (Lipinski definition) is 2. The third-order valence-corrected chi connectivity index (χ3v) is 3.80. The normalized spacial score (nSPS) is 14.3. The minimum atomic E-state index is 0.285. The molecular formula is C8H6Cl4N2. The van der Waals surface area contributed by atoms with Gasteiger partial charge in [0.15, 0.2) is 0 Å². The molecule has 0 unspecified atom stereocenters. The Bertz CT molecular complexity index is 355. The Morgan fingerprint density at radius 3 is 1.36 bits per heavy atom. The number of hydrogen-bond acceptors (Lipinski definition) is 2. The number of rotatable bonds is 0. The SMILES string of the molecule is Clc1c(Cl)c(Cl)c2c(c1Cl)NCCN2. The van der Waals surface area contributed by atoms with Crippen molar-refractivity contribution in [2.45, 2.75) is 0 Å². The molecule has 0 fully saturated rings. The van der Waals surface area contributed by atoms with Crippen LogP contribution in [0.25, 0.3) is 0 Å². The molecule has 0 bridgehead atoms. The fourth-order valence-electron chi connectivity index (χ4n) is 1.34. The molecule has 1 aliphatic heterocycles.